The number of alkyl halides is 3. The fraction of sp³-hybridized carbons (Fsp3) is 0.158. The molecule has 0 atom stereocenters. The third-order valence-corrected chi connectivity index (χ3v) is 5.06. The second-order valence-corrected chi connectivity index (χ2v) is 7.23. The number of benzene rings is 2. The molecule has 1 amide bonds. The molecule has 8 heteroatoms. The van der Waals surface area contributed by atoms with Crippen LogP contribution in [0.3, 0.4) is 0 Å². The van der Waals surface area contributed by atoms with Gasteiger partial charge in [0.1, 0.15) is 0 Å². The molecule has 0 radical (unpaired) electrons. The summed E-state index contributed by atoms with van der Waals surface area (Å²) in [6.45, 7) is 1.95. The highest BCUT2D eigenvalue weighted by atomic mass is 35.5. The summed E-state index contributed by atoms with van der Waals surface area (Å²) in [6.07, 6.45) is -4.51. The quantitative estimate of drug-likeness (QED) is 0.541. The molecule has 0 aliphatic heterocycles. The van der Waals surface area contributed by atoms with Crippen LogP contribution in [0.2, 0.25) is 5.02 Å². The van der Waals surface area contributed by atoms with Gasteiger partial charge in [-0.1, -0.05) is 41.6 Å². The van der Waals surface area contributed by atoms with Crippen molar-refractivity contribution in [3.05, 3.63) is 64.7 Å². The summed E-state index contributed by atoms with van der Waals surface area (Å²) in [6, 6.07) is 12.3. The van der Waals surface area contributed by atoms with Crippen molar-refractivity contribution in [2.75, 3.05) is 11.1 Å². The van der Waals surface area contributed by atoms with Gasteiger partial charge in [0.05, 0.1) is 32.6 Å². The largest absolute Gasteiger partial charge is 0.416 e. The summed E-state index contributed by atoms with van der Waals surface area (Å²) in [5, 5.41) is 4.16. The Kier molecular flexibility index (Phi) is 5.62. The van der Waals surface area contributed by atoms with Gasteiger partial charge < -0.3 is 5.32 Å². The van der Waals surface area contributed by atoms with E-state index in [1.165, 1.54) is 11.8 Å². The van der Waals surface area contributed by atoms with Gasteiger partial charge >= 0.3 is 6.18 Å². The number of aromatic nitrogens is 1. The Balaban J connectivity index is 1.70. The Hall–Kier alpha value is -2.25. The molecule has 0 unspecified atom stereocenters. The molecule has 27 heavy (non-hydrogen) atoms. The van der Waals surface area contributed by atoms with E-state index in [0.29, 0.717) is 5.03 Å². The molecule has 3 rings (SSSR count). The number of carbonyl (C=O) groups excluding carboxylic acids is 1. The number of rotatable bonds is 4. The van der Waals surface area contributed by atoms with Crippen molar-refractivity contribution >= 4 is 45.9 Å². The highest BCUT2D eigenvalue weighted by Crippen LogP contribution is 2.34. The molecule has 1 N–H and O–H groups in total. The van der Waals surface area contributed by atoms with E-state index in [9.17, 15) is 18.0 Å². The molecule has 3 aromatic rings. The number of fused-ring (bicyclic) bond motifs is 1. The van der Waals surface area contributed by atoms with Crippen LogP contribution in [-0.2, 0) is 11.0 Å². The number of thioether (sulfide) groups is 1. The first-order chi connectivity index (χ1) is 12.7. The summed E-state index contributed by atoms with van der Waals surface area (Å²) in [5.41, 5.74) is 0.909. The fourth-order valence-electron chi connectivity index (χ4n) is 2.52. The maximum atomic E-state index is 12.8. The van der Waals surface area contributed by atoms with Crippen LogP contribution in [0.1, 0.15) is 11.1 Å². The van der Waals surface area contributed by atoms with Crippen LogP contribution >= 0.6 is 23.4 Å². The van der Waals surface area contributed by atoms with E-state index >= 15 is 0 Å². The van der Waals surface area contributed by atoms with Crippen molar-refractivity contribution in [2.24, 2.45) is 0 Å². The van der Waals surface area contributed by atoms with Crippen molar-refractivity contribution in [1.29, 1.82) is 0 Å². The minimum atomic E-state index is -4.51. The minimum Gasteiger partial charge on any atom is -0.324 e. The number of hydrogen-bond donors (Lipinski definition) is 1. The van der Waals surface area contributed by atoms with Gasteiger partial charge in [-0.15, -0.1) is 0 Å². The highest BCUT2D eigenvalue weighted by molar-refractivity contribution is 7.99. The summed E-state index contributed by atoms with van der Waals surface area (Å²) < 4.78 is 38.4. The Morgan fingerprint density at radius 1 is 1.19 bits per heavy atom. The molecule has 0 aliphatic carbocycles. The summed E-state index contributed by atoms with van der Waals surface area (Å²) in [7, 11) is 0. The van der Waals surface area contributed by atoms with E-state index in [-0.39, 0.29) is 16.5 Å². The third-order valence-electron chi connectivity index (χ3n) is 3.82. The number of hydrogen-bond acceptors (Lipinski definition) is 3. The average molecular weight is 411 g/mol. The van der Waals surface area contributed by atoms with Gasteiger partial charge in [-0.2, -0.15) is 13.2 Å². The lowest BCUT2D eigenvalue weighted by Crippen LogP contribution is -2.15. The fourth-order valence-corrected chi connectivity index (χ4v) is 3.45. The number of para-hydroxylation sites is 1. The number of pyridine rings is 1. The lowest BCUT2D eigenvalue weighted by molar-refractivity contribution is -0.137. The van der Waals surface area contributed by atoms with Crippen LogP contribution in [0.5, 0.6) is 0 Å². The van der Waals surface area contributed by atoms with E-state index in [1.54, 1.807) is 0 Å². The predicted octanol–water partition coefficient (Wildman–Crippen LogP) is 5.95. The zero-order valence-electron chi connectivity index (χ0n) is 14.1. The molecule has 0 saturated carbocycles. The van der Waals surface area contributed by atoms with Crippen molar-refractivity contribution in [3.8, 4) is 0 Å². The van der Waals surface area contributed by atoms with Gasteiger partial charge in [0.15, 0.2) is 0 Å². The summed E-state index contributed by atoms with van der Waals surface area (Å²) in [5.74, 6) is -0.467. The lowest BCUT2D eigenvalue weighted by atomic mass is 10.1. The van der Waals surface area contributed by atoms with Gasteiger partial charge in [0.2, 0.25) is 5.91 Å². The lowest BCUT2D eigenvalue weighted by Gasteiger charge is -2.11. The topological polar surface area (TPSA) is 42.0 Å². The molecule has 0 spiro atoms. The van der Waals surface area contributed by atoms with Gasteiger partial charge in [-0.25, -0.2) is 4.98 Å². The zero-order chi connectivity index (χ0) is 19.6. The molecule has 1 heterocycles. The van der Waals surface area contributed by atoms with Gasteiger partial charge in [0, 0.05) is 5.39 Å². The Morgan fingerprint density at radius 3 is 2.67 bits per heavy atom. The average Bonchev–Trinajstić information content (AvgIpc) is 2.61. The molecule has 140 valence electrons. The van der Waals surface area contributed by atoms with Crippen LogP contribution < -0.4 is 5.32 Å². The molecular formula is C19H14ClF3N2OS. The van der Waals surface area contributed by atoms with Crippen LogP contribution in [-0.4, -0.2) is 16.6 Å². The molecular weight excluding hydrogens is 397 g/mol. The first-order valence-corrected chi connectivity index (χ1v) is 9.26. The highest BCUT2D eigenvalue weighted by Gasteiger charge is 2.31. The van der Waals surface area contributed by atoms with Crippen LogP contribution in [0, 0.1) is 6.92 Å². The standard InChI is InChI=1S/C19H14ClF3N2OS/c1-11-8-18(25-15-5-3-2-4-13(11)15)27-10-17(26)24-16-9-12(19(21,22)23)6-7-14(16)20/h2-9H,10H2,1H3,(H,24,26). The minimum absolute atomic E-state index is 0.00262. The molecule has 1 aromatic heterocycles. The van der Waals surface area contributed by atoms with Gasteiger partial charge in [0.25, 0.3) is 0 Å². The Morgan fingerprint density at radius 2 is 1.93 bits per heavy atom. The van der Waals surface area contributed by atoms with E-state index in [2.05, 4.69) is 10.3 Å². The first kappa shape index (κ1) is 19.5. The van der Waals surface area contributed by atoms with Crippen molar-refractivity contribution in [3.63, 3.8) is 0 Å². The number of anilines is 1. The summed E-state index contributed by atoms with van der Waals surface area (Å²) >= 11 is 7.10. The molecule has 0 fully saturated rings. The number of nitrogens with zero attached hydrogens (tertiary/aromatic N) is 1. The Bertz CT molecular complexity index is 1010. The molecule has 2 aromatic carbocycles. The molecule has 3 nitrogen and oxygen atoms in total. The SMILES string of the molecule is Cc1cc(SCC(=O)Nc2cc(C(F)(F)F)ccc2Cl)nc2ccccc12. The summed E-state index contributed by atoms with van der Waals surface area (Å²) in [4.78, 5) is 16.6. The van der Waals surface area contributed by atoms with Crippen LogP contribution in [0.15, 0.2) is 53.6 Å². The van der Waals surface area contributed by atoms with E-state index in [0.717, 1.165) is 34.7 Å². The number of amides is 1. The van der Waals surface area contributed by atoms with Crippen molar-refractivity contribution in [2.45, 2.75) is 18.1 Å². The molecule has 0 bridgehead atoms. The van der Waals surface area contributed by atoms with Crippen molar-refractivity contribution in [1.82, 2.24) is 4.98 Å². The van der Waals surface area contributed by atoms with Crippen molar-refractivity contribution < 1.29 is 18.0 Å². The molecule has 0 aliphatic rings. The zero-order valence-corrected chi connectivity index (χ0v) is 15.7. The second-order valence-electron chi connectivity index (χ2n) is 5.82. The van der Waals surface area contributed by atoms with Crippen LogP contribution in [0.25, 0.3) is 10.9 Å². The predicted molar refractivity (Wildman–Crippen MR) is 102 cm³/mol. The van der Waals surface area contributed by atoms with E-state index < -0.39 is 17.6 Å². The third kappa shape index (κ3) is 4.73. The molecule has 0 saturated heterocycles. The Labute approximate surface area is 162 Å². The number of halogens is 4. The maximum absolute atomic E-state index is 12.8. The monoisotopic (exact) mass is 410 g/mol. The smallest absolute Gasteiger partial charge is 0.324 e. The number of aryl methyl sites for hydroxylation is 1. The number of nitrogens with one attached hydrogen (secondary N) is 1. The number of carbonyl (C=O) groups is 1. The van der Waals surface area contributed by atoms with Gasteiger partial charge in [-0.05, 0) is 42.8 Å². The first-order valence-electron chi connectivity index (χ1n) is 7.90. The van der Waals surface area contributed by atoms with E-state index in [4.69, 9.17) is 11.6 Å². The van der Waals surface area contributed by atoms with Gasteiger partial charge in [-0.3, -0.25) is 4.79 Å². The van der Waals surface area contributed by atoms with E-state index in [1.807, 2.05) is 37.3 Å². The normalized spacial score (nSPS) is 11.6. The van der Waals surface area contributed by atoms with Crippen LogP contribution in [0.4, 0.5) is 18.9 Å². The maximum Gasteiger partial charge on any atom is 0.416 e. The second kappa shape index (κ2) is 7.78.